The van der Waals surface area contributed by atoms with E-state index in [4.69, 9.17) is 0 Å². The summed E-state index contributed by atoms with van der Waals surface area (Å²) in [7, 11) is 0. The molecule has 7 heteroatoms. The SMILES string of the molecule is O=C(c1ccccc1)N1C(c2cccc(F)c2)C(c2ccccc2)=C2C=CC(C(F)(F)F)=CN21. The lowest BCUT2D eigenvalue weighted by Gasteiger charge is -2.35. The number of carbonyl (C=O) groups is 1. The molecule has 34 heavy (non-hydrogen) atoms. The van der Waals surface area contributed by atoms with Gasteiger partial charge in [0.25, 0.3) is 5.91 Å². The highest BCUT2D eigenvalue weighted by Crippen LogP contribution is 2.49. The third kappa shape index (κ3) is 3.79. The van der Waals surface area contributed by atoms with Crippen LogP contribution in [0.2, 0.25) is 0 Å². The van der Waals surface area contributed by atoms with Crippen LogP contribution in [0, 0.1) is 5.82 Å². The van der Waals surface area contributed by atoms with Crippen LogP contribution in [-0.4, -0.2) is 22.1 Å². The van der Waals surface area contributed by atoms with Gasteiger partial charge in [-0.15, -0.1) is 0 Å². The molecule has 2 aliphatic rings. The van der Waals surface area contributed by atoms with E-state index in [0.717, 1.165) is 12.3 Å². The van der Waals surface area contributed by atoms with E-state index in [-0.39, 0.29) is 0 Å². The molecule has 2 aliphatic heterocycles. The molecule has 0 N–H and O–H groups in total. The Morgan fingerprint density at radius 3 is 2.15 bits per heavy atom. The molecule has 0 aliphatic carbocycles. The van der Waals surface area contributed by atoms with Gasteiger partial charge in [-0.2, -0.15) is 13.2 Å². The lowest BCUT2D eigenvalue weighted by atomic mass is 9.91. The summed E-state index contributed by atoms with van der Waals surface area (Å²) < 4.78 is 55.2. The Morgan fingerprint density at radius 2 is 1.50 bits per heavy atom. The van der Waals surface area contributed by atoms with Crippen molar-refractivity contribution in [1.29, 1.82) is 0 Å². The molecule has 1 atom stereocenters. The average Bonchev–Trinajstić information content (AvgIpc) is 3.18. The van der Waals surface area contributed by atoms with E-state index >= 15 is 0 Å². The average molecular weight is 462 g/mol. The summed E-state index contributed by atoms with van der Waals surface area (Å²) in [4.78, 5) is 13.7. The van der Waals surface area contributed by atoms with Crippen molar-refractivity contribution in [3.05, 3.63) is 137 Å². The lowest BCUT2D eigenvalue weighted by Crippen LogP contribution is -2.41. The van der Waals surface area contributed by atoms with Crippen molar-refractivity contribution in [3.63, 3.8) is 0 Å². The summed E-state index contributed by atoms with van der Waals surface area (Å²) in [6.45, 7) is 0. The largest absolute Gasteiger partial charge is 0.417 e. The number of alkyl halides is 3. The van der Waals surface area contributed by atoms with Crippen LogP contribution in [0.15, 0.2) is 115 Å². The standard InChI is InChI=1S/C27H18F4N2O/c28-22-13-7-12-20(16-22)25-24(18-8-3-1-4-9-18)23-15-14-21(27(29,30)31)17-32(23)33(25)26(34)19-10-5-2-6-11-19/h1-17,25H. The van der Waals surface area contributed by atoms with Gasteiger partial charge in [0.1, 0.15) is 11.9 Å². The van der Waals surface area contributed by atoms with Gasteiger partial charge in [0, 0.05) is 17.3 Å². The topological polar surface area (TPSA) is 23.6 Å². The number of rotatable bonds is 3. The number of carbonyl (C=O) groups excluding carboxylic acids is 1. The number of halogens is 4. The first-order valence-corrected chi connectivity index (χ1v) is 10.5. The van der Waals surface area contributed by atoms with Crippen molar-refractivity contribution in [2.75, 3.05) is 0 Å². The normalized spacial score (nSPS) is 17.6. The van der Waals surface area contributed by atoms with Gasteiger partial charge < -0.3 is 0 Å². The number of nitrogens with zero attached hydrogens (tertiary/aromatic N) is 2. The number of fused-ring (bicyclic) bond motifs is 1. The lowest BCUT2D eigenvalue weighted by molar-refractivity contribution is -0.0907. The minimum Gasteiger partial charge on any atom is -0.267 e. The predicted molar refractivity (Wildman–Crippen MR) is 120 cm³/mol. The van der Waals surface area contributed by atoms with Crippen LogP contribution in [0.1, 0.15) is 27.5 Å². The first kappa shape index (κ1) is 21.7. The first-order chi connectivity index (χ1) is 16.3. The van der Waals surface area contributed by atoms with Crippen LogP contribution in [-0.2, 0) is 0 Å². The fraction of sp³-hybridized carbons (Fsp3) is 0.0741. The van der Waals surface area contributed by atoms with Gasteiger partial charge in [0.2, 0.25) is 0 Å². The minimum absolute atomic E-state index is 0.300. The van der Waals surface area contributed by atoms with Gasteiger partial charge in [-0.25, -0.2) is 9.40 Å². The molecular formula is C27H18F4N2O. The number of hydrazine groups is 1. The van der Waals surface area contributed by atoms with Crippen LogP contribution in [0.5, 0.6) is 0 Å². The molecule has 170 valence electrons. The number of hydrogen-bond acceptors (Lipinski definition) is 2. The zero-order chi connectivity index (χ0) is 23.9. The van der Waals surface area contributed by atoms with Gasteiger partial charge in [-0.05, 0) is 47.5 Å². The fourth-order valence-corrected chi connectivity index (χ4v) is 4.27. The Hall–Kier alpha value is -4.13. The smallest absolute Gasteiger partial charge is 0.267 e. The maximum absolute atomic E-state index is 14.3. The minimum atomic E-state index is -4.60. The molecule has 3 aromatic rings. The Morgan fingerprint density at radius 1 is 0.824 bits per heavy atom. The van der Waals surface area contributed by atoms with E-state index in [1.807, 2.05) is 18.2 Å². The molecule has 5 rings (SSSR count). The number of amides is 1. The van der Waals surface area contributed by atoms with E-state index in [2.05, 4.69) is 0 Å². The third-order valence-corrected chi connectivity index (χ3v) is 5.76. The zero-order valence-corrected chi connectivity index (χ0v) is 17.7. The number of benzene rings is 3. The molecule has 0 aromatic heterocycles. The maximum atomic E-state index is 14.3. The van der Waals surface area contributed by atoms with Crippen LogP contribution >= 0.6 is 0 Å². The quantitative estimate of drug-likeness (QED) is 0.406. The molecule has 0 saturated heterocycles. The molecular weight excluding hydrogens is 444 g/mol. The molecule has 1 unspecified atom stereocenters. The van der Waals surface area contributed by atoms with E-state index in [9.17, 15) is 22.4 Å². The van der Waals surface area contributed by atoms with Crippen molar-refractivity contribution in [2.45, 2.75) is 12.2 Å². The second-order valence-electron chi connectivity index (χ2n) is 7.90. The van der Waals surface area contributed by atoms with Crippen LogP contribution in [0.3, 0.4) is 0 Å². The summed E-state index contributed by atoms with van der Waals surface area (Å²) in [6.07, 6.45) is -1.34. The molecule has 3 nitrogen and oxygen atoms in total. The van der Waals surface area contributed by atoms with Crippen molar-refractivity contribution in [2.24, 2.45) is 0 Å². The summed E-state index contributed by atoms with van der Waals surface area (Å²) in [5.74, 6) is -1.01. The van der Waals surface area contributed by atoms with Crippen LogP contribution in [0.4, 0.5) is 17.6 Å². The van der Waals surface area contributed by atoms with Crippen molar-refractivity contribution in [1.82, 2.24) is 10.0 Å². The Kier molecular flexibility index (Phi) is 5.32. The second kappa shape index (κ2) is 8.33. The molecule has 3 aromatic carbocycles. The highest BCUT2D eigenvalue weighted by Gasteiger charge is 2.45. The summed E-state index contributed by atoms with van der Waals surface area (Å²) >= 11 is 0. The molecule has 0 radical (unpaired) electrons. The second-order valence-corrected chi connectivity index (χ2v) is 7.90. The van der Waals surface area contributed by atoms with Gasteiger partial charge >= 0.3 is 6.18 Å². The van der Waals surface area contributed by atoms with Crippen LogP contribution in [0.25, 0.3) is 5.57 Å². The fourth-order valence-electron chi connectivity index (χ4n) is 4.27. The van der Waals surface area contributed by atoms with E-state index in [1.165, 1.54) is 34.3 Å². The van der Waals surface area contributed by atoms with E-state index in [1.54, 1.807) is 48.5 Å². The molecule has 1 amide bonds. The molecule has 0 fully saturated rings. The first-order valence-electron chi connectivity index (χ1n) is 10.5. The monoisotopic (exact) mass is 462 g/mol. The molecule has 2 heterocycles. The van der Waals surface area contributed by atoms with Gasteiger partial charge in [-0.3, -0.25) is 9.80 Å². The Labute approximate surface area is 193 Å². The maximum Gasteiger partial charge on any atom is 0.417 e. The zero-order valence-electron chi connectivity index (χ0n) is 17.7. The number of hydrogen-bond donors (Lipinski definition) is 0. The highest BCUT2D eigenvalue weighted by molar-refractivity contribution is 5.97. The van der Waals surface area contributed by atoms with Crippen molar-refractivity contribution in [3.8, 4) is 0 Å². The number of allylic oxidation sites excluding steroid dienone is 3. The van der Waals surface area contributed by atoms with Crippen LogP contribution < -0.4 is 0 Å². The van der Waals surface area contributed by atoms with Crippen molar-refractivity contribution >= 4 is 11.5 Å². The molecule has 0 bridgehead atoms. The molecule has 0 saturated carbocycles. The Bertz CT molecular complexity index is 1330. The highest BCUT2D eigenvalue weighted by atomic mass is 19.4. The third-order valence-electron chi connectivity index (χ3n) is 5.76. The predicted octanol–water partition coefficient (Wildman–Crippen LogP) is 6.67. The summed E-state index contributed by atoms with van der Waals surface area (Å²) in [5.41, 5.74) is 1.58. The van der Waals surface area contributed by atoms with Gasteiger partial charge in [0.15, 0.2) is 0 Å². The van der Waals surface area contributed by atoms with E-state index in [0.29, 0.717) is 28.0 Å². The Balaban J connectivity index is 1.76. The summed E-state index contributed by atoms with van der Waals surface area (Å²) in [6, 6.07) is 22.3. The molecule has 0 spiro atoms. The van der Waals surface area contributed by atoms with E-state index < -0.39 is 29.5 Å². The van der Waals surface area contributed by atoms with Gasteiger partial charge in [-0.1, -0.05) is 60.7 Å². The van der Waals surface area contributed by atoms with Crippen molar-refractivity contribution < 1.29 is 22.4 Å². The summed E-state index contributed by atoms with van der Waals surface area (Å²) in [5, 5.41) is 2.49. The van der Waals surface area contributed by atoms with Gasteiger partial charge in [0.05, 0.1) is 11.3 Å².